The smallest absolute Gasteiger partial charge is 0.111 e. The number of hydrogen-bond acceptors (Lipinski definition) is 3. The third-order valence-electron chi connectivity index (χ3n) is 3.88. The molecule has 4 heteroatoms. The van der Waals surface area contributed by atoms with Crippen molar-refractivity contribution in [3.8, 4) is 0 Å². The molecule has 2 rings (SSSR count). The summed E-state index contributed by atoms with van der Waals surface area (Å²) in [7, 11) is 1.96. The van der Waals surface area contributed by atoms with Crippen molar-refractivity contribution in [1.82, 2.24) is 14.9 Å². The Bertz CT molecular complexity index is 345. The van der Waals surface area contributed by atoms with Crippen LogP contribution in [0.1, 0.15) is 37.9 Å². The maximum atomic E-state index is 9.96. The van der Waals surface area contributed by atoms with Crippen LogP contribution >= 0.6 is 0 Å². The van der Waals surface area contributed by atoms with Crippen molar-refractivity contribution in [2.75, 3.05) is 13.1 Å². The number of rotatable bonds is 6. The van der Waals surface area contributed by atoms with Crippen LogP contribution in [-0.2, 0) is 13.5 Å². The van der Waals surface area contributed by atoms with E-state index in [0.29, 0.717) is 13.0 Å². The molecule has 0 bridgehead atoms. The van der Waals surface area contributed by atoms with Crippen molar-refractivity contribution >= 4 is 0 Å². The van der Waals surface area contributed by atoms with Crippen LogP contribution in [0.2, 0.25) is 0 Å². The highest BCUT2D eigenvalue weighted by Gasteiger charge is 2.14. The first-order chi connectivity index (χ1) is 8.75. The molecule has 1 aromatic rings. The SMILES string of the molecule is Cn1ccnc1C[C@H](O)CNCC1CCCCC1. The van der Waals surface area contributed by atoms with Gasteiger partial charge in [0.2, 0.25) is 0 Å². The van der Waals surface area contributed by atoms with Crippen LogP contribution < -0.4 is 5.32 Å². The maximum Gasteiger partial charge on any atom is 0.111 e. The molecule has 102 valence electrons. The number of hydrogen-bond donors (Lipinski definition) is 2. The van der Waals surface area contributed by atoms with E-state index in [4.69, 9.17) is 0 Å². The van der Waals surface area contributed by atoms with Gasteiger partial charge in [-0.3, -0.25) is 0 Å². The summed E-state index contributed by atoms with van der Waals surface area (Å²) in [5.74, 6) is 1.76. The van der Waals surface area contributed by atoms with Crippen LogP contribution in [0.15, 0.2) is 12.4 Å². The third-order valence-corrected chi connectivity index (χ3v) is 3.88. The van der Waals surface area contributed by atoms with Gasteiger partial charge in [-0.2, -0.15) is 0 Å². The Morgan fingerprint density at radius 3 is 2.89 bits per heavy atom. The summed E-state index contributed by atoms with van der Waals surface area (Å²) in [4.78, 5) is 4.23. The molecule has 18 heavy (non-hydrogen) atoms. The molecule has 0 aliphatic heterocycles. The third kappa shape index (κ3) is 4.10. The van der Waals surface area contributed by atoms with Crippen molar-refractivity contribution in [1.29, 1.82) is 0 Å². The molecular weight excluding hydrogens is 226 g/mol. The first-order valence-corrected chi connectivity index (χ1v) is 7.10. The molecule has 1 fully saturated rings. The van der Waals surface area contributed by atoms with Gasteiger partial charge in [0.1, 0.15) is 5.82 Å². The molecule has 1 saturated carbocycles. The lowest BCUT2D eigenvalue weighted by Gasteiger charge is -2.22. The fourth-order valence-electron chi connectivity index (χ4n) is 2.72. The zero-order valence-electron chi connectivity index (χ0n) is 11.3. The van der Waals surface area contributed by atoms with E-state index in [1.54, 1.807) is 6.20 Å². The number of nitrogens with one attached hydrogen (secondary N) is 1. The zero-order valence-corrected chi connectivity index (χ0v) is 11.3. The molecule has 4 nitrogen and oxygen atoms in total. The molecule has 0 aromatic carbocycles. The number of aliphatic hydroxyl groups is 1. The largest absolute Gasteiger partial charge is 0.391 e. The molecule has 0 spiro atoms. The Balaban J connectivity index is 1.62. The van der Waals surface area contributed by atoms with Gasteiger partial charge in [-0.1, -0.05) is 19.3 Å². The van der Waals surface area contributed by atoms with Gasteiger partial charge >= 0.3 is 0 Å². The minimum Gasteiger partial charge on any atom is -0.391 e. The molecule has 1 heterocycles. The Morgan fingerprint density at radius 2 is 2.22 bits per heavy atom. The quantitative estimate of drug-likeness (QED) is 0.805. The van der Waals surface area contributed by atoms with Crippen molar-refractivity contribution in [2.24, 2.45) is 13.0 Å². The summed E-state index contributed by atoms with van der Waals surface area (Å²) < 4.78 is 1.96. The summed E-state index contributed by atoms with van der Waals surface area (Å²) >= 11 is 0. The van der Waals surface area contributed by atoms with E-state index in [2.05, 4.69) is 10.3 Å². The number of imidazole rings is 1. The highest BCUT2D eigenvalue weighted by atomic mass is 16.3. The van der Waals surface area contributed by atoms with Crippen LogP contribution in [0.25, 0.3) is 0 Å². The molecule has 0 saturated heterocycles. The first-order valence-electron chi connectivity index (χ1n) is 7.10. The number of aromatic nitrogens is 2. The molecule has 1 aliphatic rings. The first kappa shape index (κ1) is 13.6. The Kier molecular flexibility index (Phi) is 5.20. The van der Waals surface area contributed by atoms with Gasteiger partial charge in [-0.15, -0.1) is 0 Å². The lowest BCUT2D eigenvalue weighted by molar-refractivity contribution is 0.165. The van der Waals surface area contributed by atoms with Gasteiger partial charge in [0.25, 0.3) is 0 Å². The lowest BCUT2D eigenvalue weighted by Crippen LogP contribution is -2.33. The second-order valence-corrected chi connectivity index (χ2v) is 5.47. The second-order valence-electron chi connectivity index (χ2n) is 5.47. The molecule has 0 radical (unpaired) electrons. The van der Waals surface area contributed by atoms with Crippen molar-refractivity contribution in [2.45, 2.75) is 44.6 Å². The summed E-state index contributed by atoms with van der Waals surface area (Å²) in [5.41, 5.74) is 0. The monoisotopic (exact) mass is 251 g/mol. The Morgan fingerprint density at radius 1 is 1.44 bits per heavy atom. The van der Waals surface area contributed by atoms with Gasteiger partial charge in [0.05, 0.1) is 6.10 Å². The van der Waals surface area contributed by atoms with E-state index >= 15 is 0 Å². The Hall–Kier alpha value is -0.870. The van der Waals surface area contributed by atoms with E-state index < -0.39 is 0 Å². The predicted molar refractivity (Wildman–Crippen MR) is 72.4 cm³/mol. The molecule has 1 aromatic heterocycles. The van der Waals surface area contributed by atoms with Crippen molar-refractivity contribution in [3.05, 3.63) is 18.2 Å². The van der Waals surface area contributed by atoms with Crippen LogP contribution in [0.5, 0.6) is 0 Å². The van der Waals surface area contributed by atoms with Gasteiger partial charge < -0.3 is 15.0 Å². The Labute approximate surface area is 109 Å². The van der Waals surface area contributed by atoms with Crippen LogP contribution in [-0.4, -0.2) is 33.9 Å². The van der Waals surface area contributed by atoms with Gasteiger partial charge in [-0.25, -0.2) is 4.98 Å². The second kappa shape index (κ2) is 6.90. The normalized spacial score (nSPS) is 19.0. The van der Waals surface area contributed by atoms with Crippen LogP contribution in [0, 0.1) is 5.92 Å². The fraction of sp³-hybridized carbons (Fsp3) is 0.786. The van der Waals surface area contributed by atoms with E-state index in [1.807, 2.05) is 17.8 Å². The fourth-order valence-corrected chi connectivity index (χ4v) is 2.72. The summed E-state index contributed by atoms with van der Waals surface area (Å²) in [6, 6.07) is 0. The topological polar surface area (TPSA) is 50.1 Å². The number of nitrogens with zero attached hydrogens (tertiary/aromatic N) is 2. The zero-order chi connectivity index (χ0) is 12.8. The van der Waals surface area contributed by atoms with Crippen molar-refractivity contribution < 1.29 is 5.11 Å². The minimum atomic E-state index is -0.338. The summed E-state index contributed by atoms with van der Waals surface area (Å²) in [5, 5.41) is 13.4. The van der Waals surface area contributed by atoms with E-state index in [0.717, 1.165) is 18.3 Å². The minimum absolute atomic E-state index is 0.338. The van der Waals surface area contributed by atoms with Crippen LogP contribution in [0.4, 0.5) is 0 Å². The molecular formula is C14H25N3O. The molecule has 2 N–H and O–H groups in total. The molecule has 0 amide bonds. The van der Waals surface area contributed by atoms with Gasteiger partial charge in [0, 0.05) is 32.4 Å². The number of aryl methyl sites for hydroxylation is 1. The maximum absolute atomic E-state index is 9.96. The molecule has 1 aliphatic carbocycles. The molecule has 1 atom stereocenters. The van der Waals surface area contributed by atoms with E-state index in [9.17, 15) is 5.11 Å². The highest BCUT2D eigenvalue weighted by molar-refractivity contribution is 4.93. The van der Waals surface area contributed by atoms with E-state index in [-0.39, 0.29) is 6.10 Å². The van der Waals surface area contributed by atoms with E-state index in [1.165, 1.54) is 32.1 Å². The van der Waals surface area contributed by atoms with Gasteiger partial charge in [-0.05, 0) is 25.3 Å². The average Bonchev–Trinajstić information content (AvgIpc) is 2.76. The lowest BCUT2D eigenvalue weighted by atomic mass is 9.89. The van der Waals surface area contributed by atoms with Crippen LogP contribution in [0.3, 0.4) is 0 Å². The number of aliphatic hydroxyl groups excluding tert-OH is 1. The van der Waals surface area contributed by atoms with Crippen molar-refractivity contribution in [3.63, 3.8) is 0 Å². The standard InChI is InChI=1S/C14H25N3O/c1-17-8-7-16-14(17)9-13(18)11-15-10-12-5-3-2-4-6-12/h7-8,12-13,15,18H,2-6,9-11H2,1H3/t13-/m0/s1. The van der Waals surface area contributed by atoms with Gasteiger partial charge in [0.15, 0.2) is 0 Å². The average molecular weight is 251 g/mol. The summed E-state index contributed by atoms with van der Waals surface area (Å²) in [6.07, 6.45) is 10.8. The molecule has 0 unspecified atom stereocenters. The predicted octanol–water partition coefficient (Wildman–Crippen LogP) is 1.49. The highest BCUT2D eigenvalue weighted by Crippen LogP contribution is 2.22. The summed E-state index contributed by atoms with van der Waals surface area (Å²) in [6.45, 7) is 1.72.